The third-order valence-corrected chi connectivity index (χ3v) is 2.43. The molecule has 1 N–H and O–H groups in total. The number of hydrogen-bond donors (Lipinski definition) is 1. The second kappa shape index (κ2) is 4.29. The van der Waals surface area contributed by atoms with E-state index < -0.39 is 5.54 Å². The van der Waals surface area contributed by atoms with Crippen molar-refractivity contribution >= 4 is 11.8 Å². The van der Waals surface area contributed by atoms with E-state index in [4.69, 9.17) is 4.74 Å². The summed E-state index contributed by atoms with van der Waals surface area (Å²) in [6, 6.07) is 0. The molecule has 1 unspecified atom stereocenters. The molecule has 15 heavy (non-hydrogen) atoms. The van der Waals surface area contributed by atoms with Gasteiger partial charge in [0, 0.05) is 6.42 Å². The molecule has 82 valence electrons. The number of ether oxygens (including phenoxy) is 1. The molecule has 0 amide bonds. The monoisotopic (exact) mass is 209 g/mol. The third kappa shape index (κ3) is 2.26. The highest BCUT2D eigenvalue weighted by atomic mass is 16.5. The van der Waals surface area contributed by atoms with Crippen LogP contribution < -0.4 is 5.32 Å². The molecule has 0 aromatic carbocycles. The van der Waals surface area contributed by atoms with Gasteiger partial charge in [0.2, 0.25) is 0 Å². The van der Waals surface area contributed by atoms with Crippen molar-refractivity contribution < 1.29 is 14.3 Å². The number of ketones is 1. The molecule has 0 radical (unpaired) electrons. The highest BCUT2D eigenvalue weighted by molar-refractivity contribution is 5.90. The molecule has 0 bridgehead atoms. The smallest absolute Gasteiger partial charge is 0.310 e. The van der Waals surface area contributed by atoms with Gasteiger partial charge in [-0.2, -0.15) is 0 Å². The second-order valence-corrected chi connectivity index (χ2v) is 3.54. The molecule has 1 atom stereocenters. The molecule has 0 aromatic rings. The van der Waals surface area contributed by atoms with Crippen molar-refractivity contribution in [2.45, 2.75) is 32.7 Å². The summed E-state index contributed by atoms with van der Waals surface area (Å²) < 4.78 is 5.11. The van der Waals surface area contributed by atoms with Crippen molar-refractivity contribution in [1.29, 1.82) is 0 Å². The summed E-state index contributed by atoms with van der Waals surface area (Å²) in [6.45, 7) is 4.85. The Labute approximate surface area is 89.0 Å². The maximum absolute atomic E-state index is 11.5. The average Bonchev–Trinajstić information content (AvgIpc) is 2.21. The van der Waals surface area contributed by atoms with Crippen molar-refractivity contribution in [2.24, 2.45) is 0 Å². The number of carbonyl (C=O) groups is 2. The number of hydrogen-bond acceptors (Lipinski definition) is 4. The summed E-state index contributed by atoms with van der Waals surface area (Å²) in [6.07, 6.45) is 5.27. The van der Waals surface area contributed by atoms with E-state index in [9.17, 15) is 9.59 Å². The lowest BCUT2D eigenvalue weighted by Gasteiger charge is -2.30. The maximum atomic E-state index is 11.5. The van der Waals surface area contributed by atoms with Gasteiger partial charge in [-0.3, -0.25) is 9.59 Å². The molecule has 0 spiro atoms. The Morgan fingerprint density at radius 1 is 1.53 bits per heavy atom. The summed E-state index contributed by atoms with van der Waals surface area (Å²) in [7, 11) is 0. The Bertz CT molecular complexity index is 344. The molecule has 0 aliphatic carbocycles. The van der Waals surface area contributed by atoms with Crippen molar-refractivity contribution in [3.63, 3.8) is 0 Å². The molecule has 4 nitrogen and oxygen atoms in total. The first-order valence-electron chi connectivity index (χ1n) is 4.87. The van der Waals surface area contributed by atoms with Gasteiger partial charge in [-0.05, 0) is 32.2 Å². The first kappa shape index (κ1) is 11.5. The summed E-state index contributed by atoms with van der Waals surface area (Å²) in [4.78, 5) is 22.6. The van der Waals surface area contributed by atoms with Gasteiger partial charge in [-0.25, -0.2) is 0 Å². The van der Waals surface area contributed by atoms with E-state index in [2.05, 4.69) is 5.32 Å². The fraction of sp³-hybridized carbons (Fsp3) is 0.455. The van der Waals surface area contributed by atoms with Gasteiger partial charge >= 0.3 is 5.97 Å². The van der Waals surface area contributed by atoms with Crippen LogP contribution in [0.2, 0.25) is 0 Å². The number of nitrogens with one attached hydrogen (secondary N) is 1. The standard InChI is InChI=1S/C11H15NO3/c1-4-10(14)15-9-6-5-7-12-11(9,3)8(2)13/h5-7,12H,4H2,1-3H3. The number of dihydropyridines is 1. The van der Waals surface area contributed by atoms with E-state index in [0.29, 0.717) is 5.76 Å². The zero-order valence-corrected chi connectivity index (χ0v) is 9.16. The lowest BCUT2D eigenvalue weighted by molar-refractivity contribution is -0.141. The minimum atomic E-state index is -0.931. The summed E-state index contributed by atoms with van der Waals surface area (Å²) in [5.41, 5.74) is -0.931. The van der Waals surface area contributed by atoms with Crippen LogP contribution in [0.25, 0.3) is 0 Å². The Morgan fingerprint density at radius 2 is 2.20 bits per heavy atom. The van der Waals surface area contributed by atoms with Gasteiger partial charge in [-0.15, -0.1) is 0 Å². The molecular weight excluding hydrogens is 194 g/mol. The SMILES string of the molecule is CCC(=O)OC1=CC=CNC1(C)C(C)=O. The minimum Gasteiger partial charge on any atom is -0.428 e. The zero-order valence-electron chi connectivity index (χ0n) is 9.16. The van der Waals surface area contributed by atoms with E-state index in [1.54, 1.807) is 32.2 Å². The Hall–Kier alpha value is -1.58. The zero-order chi connectivity index (χ0) is 11.5. The average molecular weight is 209 g/mol. The van der Waals surface area contributed by atoms with Crippen molar-refractivity contribution in [2.75, 3.05) is 0 Å². The van der Waals surface area contributed by atoms with Crippen LogP contribution >= 0.6 is 0 Å². The summed E-state index contributed by atoms with van der Waals surface area (Å²) >= 11 is 0. The first-order valence-corrected chi connectivity index (χ1v) is 4.87. The van der Waals surface area contributed by atoms with Crippen LogP contribution in [0, 0.1) is 0 Å². The van der Waals surface area contributed by atoms with Gasteiger partial charge in [0.15, 0.2) is 11.3 Å². The lowest BCUT2D eigenvalue weighted by atomic mass is 9.93. The van der Waals surface area contributed by atoms with Crippen LogP contribution in [0.3, 0.4) is 0 Å². The minimum absolute atomic E-state index is 0.0954. The maximum Gasteiger partial charge on any atom is 0.310 e. The molecule has 4 heteroatoms. The molecule has 0 saturated carbocycles. The van der Waals surface area contributed by atoms with Gasteiger partial charge in [0.1, 0.15) is 5.76 Å². The van der Waals surface area contributed by atoms with Gasteiger partial charge in [0.25, 0.3) is 0 Å². The van der Waals surface area contributed by atoms with E-state index >= 15 is 0 Å². The van der Waals surface area contributed by atoms with Crippen LogP contribution in [0.4, 0.5) is 0 Å². The molecule has 1 aliphatic rings. The Kier molecular flexibility index (Phi) is 3.29. The topological polar surface area (TPSA) is 55.4 Å². The molecular formula is C11H15NO3. The van der Waals surface area contributed by atoms with Gasteiger partial charge < -0.3 is 10.1 Å². The van der Waals surface area contributed by atoms with Crippen molar-refractivity contribution in [3.8, 4) is 0 Å². The van der Waals surface area contributed by atoms with E-state index in [1.807, 2.05) is 0 Å². The summed E-state index contributed by atoms with van der Waals surface area (Å²) in [5, 5.41) is 2.90. The van der Waals surface area contributed by atoms with Gasteiger partial charge in [-0.1, -0.05) is 6.92 Å². The van der Waals surface area contributed by atoms with Crippen LogP contribution in [0.1, 0.15) is 27.2 Å². The molecule has 0 saturated heterocycles. The fourth-order valence-electron chi connectivity index (χ4n) is 1.19. The first-order chi connectivity index (χ1) is 7.00. The van der Waals surface area contributed by atoms with Crippen molar-refractivity contribution in [3.05, 3.63) is 24.1 Å². The Morgan fingerprint density at radius 3 is 2.73 bits per heavy atom. The lowest BCUT2D eigenvalue weighted by Crippen LogP contribution is -2.49. The molecule has 0 fully saturated rings. The van der Waals surface area contributed by atoms with Crippen LogP contribution in [0.15, 0.2) is 24.1 Å². The number of Topliss-reactive ketones (excluding diaryl/α,β-unsaturated/α-hetero) is 1. The molecule has 0 aromatic heterocycles. The van der Waals surface area contributed by atoms with Crippen LogP contribution in [0.5, 0.6) is 0 Å². The normalized spacial score (nSPS) is 24.1. The second-order valence-electron chi connectivity index (χ2n) is 3.54. The highest BCUT2D eigenvalue weighted by Crippen LogP contribution is 2.22. The number of rotatable bonds is 3. The molecule has 1 aliphatic heterocycles. The number of carbonyl (C=O) groups excluding carboxylic acids is 2. The quantitative estimate of drug-likeness (QED) is 0.711. The third-order valence-electron chi connectivity index (χ3n) is 2.43. The summed E-state index contributed by atoms with van der Waals surface area (Å²) in [5.74, 6) is -0.0859. The fourth-order valence-corrected chi connectivity index (χ4v) is 1.19. The molecule has 1 heterocycles. The van der Waals surface area contributed by atoms with Gasteiger partial charge in [0.05, 0.1) is 0 Å². The van der Waals surface area contributed by atoms with Crippen LogP contribution in [-0.4, -0.2) is 17.3 Å². The number of allylic oxidation sites excluding steroid dienone is 2. The predicted octanol–water partition coefficient (Wildman–Crippen LogP) is 1.29. The van der Waals surface area contributed by atoms with E-state index in [1.165, 1.54) is 6.92 Å². The predicted molar refractivity (Wildman–Crippen MR) is 55.8 cm³/mol. The van der Waals surface area contributed by atoms with E-state index in [-0.39, 0.29) is 18.2 Å². The van der Waals surface area contributed by atoms with Crippen molar-refractivity contribution in [1.82, 2.24) is 5.32 Å². The largest absolute Gasteiger partial charge is 0.428 e. The highest BCUT2D eigenvalue weighted by Gasteiger charge is 2.36. The number of esters is 1. The Balaban J connectivity index is 2.91. The van der Waals surface area contributed by atoms with E-state index in [0.717, 1.165) is 0 Å². The molecule has 1 rings (SSSR count). The van der Waals surface area contributed by atoms with Crippen LogP contribution in [-0.2, 0) is 14.3 Å².